The number of methoxy groups -OCH3 is 1. The molecule has 0 unspecified atom stereocenters. The first-order chi connectivity index (χ1) is 14.1. The van der Waals surface area contributed by atoms with E-state index >= 15 is 0 Å². The van der Waals surface area contributed by atoms with E-state index in [1.165, 1.54) is 11.3 Å². The molecule has 0 saturated carbocycles. The molecule has 0 radical (unpaired) electrons. The molecule has 6 heteroatoms. The summed E-state index contributed by atoms with van der Waals surface area (Å²) in [4.78, 5) is 19.2. The number of piperazine rings is 1. The van der Waals surface area contributed by atoms with Gasteiger partial charge in [0.05, 0.1) is 7.11 Å². The molecule has 3 rings (SSSR count). The number of para-hydroxylation sites is 1. The molecule has 6 nitrogen and oxygen atoms in total. The fraction of sp³-hybridized carbons (Fsp3) is 0.435. The van der Waals surface area contributed by atoms with E-state index in [0.29, 0.717) is 0 Å². The number of amides is 2. The maximum absolute atomic E-state index is 12.6. The predicted molar refractivity (Wildman–Crippen MR) is 119 cm³/mol. The first kappa shape index (κ1) is 21.0. The first-order valence-corrected chi connectivity index (χ1v) is 10.4. The van der Waals surface area contributed by atoms with Crippen molar-refractivity contribution in [3.05, 3.63) is 54.1 Å². The highest BCUT2D eigenvalue weighted by Crippen LogP contribution is 2.21. The van der Waals surface area contributed by atoms with Gasteiger partial charge in [0.2, 0.25) is 0 Å². The van der Waals surface area contributed by atoms with Crippen molar-refractivity contribution < 1.29 is 9.53 Å². The number of hydrogen-bond acceptors (Lipinski definition) is 4. The second kappa shape index (κ2) is 10.2. The summed E-state index contributed by atoms with van der Waals surface area (Å²) in [5.41, 5.74) is 3.20. The third kappa shape index (κ3) is 5.41. The number of hydrogen-bond donors (Lipinski definition) is 1. The normalized spacial score (nSPS) is 14.5. The number of benzene rings is 2. The lowest BCUT2D eigenvalue weighted by Crippen LogP contribution is -2.49. The molecule has 0 aromatic heterocycles. The highest BCUT2D eigenvalue weighted by atomic mass is 16.5. The van der Waals surface area contributed by atoms with E-state index in [0.717, 1.165) is 57.3 Å². The van der Waals surface area contributed by atoms with Crippen molar-refractivity contribution in [2.24, 2.45) is 0 Å². The van der Waals surface area contributed by atoms with Crippen LogP contribution in [0.2, 0.25) is 0 Å². The number of carbonyl (C=O) groups excluding carboxylic acids is 1. The van der Waals surface area contributed by atoms with Gasteiger partial charge in [0.25, 0.3) is 0 Å². The minimum absolute atomic E-state index is 0.0301. The first-order valence-electron chi connectivity index (χ1n) is 10.4. The summed E-state index contributed by atoms with van der Waals surface area (Å²) in [5.74, 6) is 0.917. The van der Waals surface area contributed by atoms with Crippen molar-refractivity contribution >= 4 is 17.4 Å². The average molecular weight is 397 g/mol. The van der Waals surface area contributed by atoms with E-state index in [1.54, 1.807) is 7.11 Å². The lowest BCUT2D eigenvalue weighted by atomic mass is 10.1. The van der Waals surface area contributed by atoms with E-state index < -0.39 is 0 Å². The Morgan fingerprint density at radius 2 is 1.66 bits per heavy atom. The van der Waals surface area contributed by atoms with Crippen molar-refractivity contribution in [3.8, 4) is 5.75 Å². The molecule has 156 valence electrons. The Hall–Kier alpha value is -2.73. The van der Waals surface area contributed by atoms with Gasteiger partial charge in [-0.15, -0.1) is 0 Å². The second-order valence-corrected chi connectivity index (χ2v) is 7.22. The molecule has 29 heavy (non-hydrogen) atoms. The highest BCUT2D eigenvalue weighted by molar-refractivity contribution is 5.89. The summed E-state index contributed by atoms with van der Waals surface area (Å²) in [6.45, 7) is 10.2. The van der Waals surface area contributed by atoms with Crippen LogP contribution in [-0.2, 0) is 6.54 Å². The highest BCUT2D eigenvalue weighted by Gasteiger charge is 2.22. The van der Waals surface area contributed by atoms with Crippen LogP contribution >= 0.6 is 0 Å². The van der Waals surface area contributed by atoms with Gasteiger partial charge in [-0.1, -0.05) is 18.2 Å². The van der Waals surface area contributed by atoms with E-state index in [9.17, 15) is 4.79 Å². The van der Waals surface area contributed by atoms with Gasteiger partial charge in [0.15, 0.2) is 0 Å². The van der Waals surface area contributed by atoms with Crippen LogP contribution in [0.3, 0.4) is 0 Å². The zero-order chi connectivity index (χ0) is 20.6. The number of nitrogens with zero attached hydrogens (tertiary/aromatic N) is 3. The Kier molecular flexibility index (Phi) is 7.36. The lowest BCUT2D eigenvalue weighted by molar-refractivity contribution is 0.142. The molecule has 2 amide bonds. The maximum Gasteiger partial charge on any atom is 0.321 e. The minimum Gasteiger partial charge on any atom is -0.496 e. The molecule has 1 saturated heterocycles. The van der Waals surface area contributed by atoms with Crippen molar-refractivity contribution in [1.82, 2.24) is 9.80 Å². The molecule has 1 aliphatic heterocycles. The van der Waals surface area contributed by atoms with Crippen LogP contribution in [0.5, 0.6) is 5.75 Å². The lowest BCUT2D eigenvalue weighted by Gasteiger charge is -2.35. The van der Waals surface area contributed by atoms with Gasteiger partial charge in [-0.05, 0) is 44.2 Å². The summed E-state index contributed by atoms with van der Waals surface area (Å²) in [6.07, 6.45) is 0. The summed E-state index contributed by atoms with van der Waals surface area (Å²) in [7, 11) is 1.70. The van der Waals surface area contributed by atoms with Gasteiger partial charge >= 0.3 is 6.03 Å². The molecule has 1 fully saturated rings. The van der Waals surface area contributed by atoms with Crippen LogP contribution in [0.15, 0.2) is 48.5 Å². The number of rotatable bonds is 7. The number of anilines is 2. The van der Waals surface area contributed by atoms with Gasteiger partial charge < -0.3 is 19.9 Å². The summed E-state index contributed by atoms with van der Waals surface area (Å²) >= 11 is 0. The summed E-state index contributed by atoms with van der Waals surface area (Å²) < 4.78 is 5.45. The van der Waals surface area contributed by atoms with Gasteiger partial charge in [-0.2, -0.15) is 0 Å². The molecular formula is C23H32N4O2. The van der Waals surface area contributed by atoms with Crippen LogP contribution in [0.4, 0.5) is 16.2 Å². The quantitative estimate of drug-likeness (QED) is 0.771. The van der Waals surface area contributed by atoms with Crippen molar-refractivity contribution in [3.63, 3.8) is 0 Å². The van der Waals surface area contributed by atoms with E-state index in [2.05, 4.69) is 47.2 Å². The van der Waals surface area contributed by atoms with Crippen LogP contribution in [-0.4, -0.2) is 62.2 Å². The Labute approximate surface area is 174 Å². The van der Waals surface area contributed by atoms with Crippen LogP contribution in [0.25, 0.3) is 0 Å². The fourth-order valence-corrected chi connectivity index (χ4v) is 3.73. The zero-order valence-corrected chi connectivity index (χ0v) is 17.7. The number of carbonyl (C=O) groups is 1. The zero-order valence-electron chi connectivity index (χ0n) is 17.7. The maximum atomic E-state index is 12.6. The SMILES string of the molecule is CCN(CC)c1ccc(NC(=O)N2CCN(Cc3ccccc3OC)CC2)cc1. The standard InChI is InChI=1S/C23H32N4O2/c1-4-26(5-2)21-12-10-20(11-13-21)24-23(28)27-16-14-25(15-17-27)18-19-8-6-7-9-22(19)29-3/h6-13H,4-5,14-18H2,1-3H3,(H,24,28). The average Bonchev–Trinajstić information content (AvgIpc) is 2.76. The van der Waals surface area contributed by atoms with Crippen molar-refractivity contribution in [2.75, 3.05) is 56.6 Å². The Morgan fingerprint density at radius 1 is 1.00 bits per heavy atom. The van der Waals surface area contributed by atoms with Crippen LogP contribution < -0.4 is 15.0 Å². The van der Waals surface area contributed by atoms with Gasteiger partial charge in [0, 0.05) is 62.8 Å². The molecule has 1 aliphatic rings. The molecule has 0 atom stereocenters. The van der Waals surface area contributed by atoms with Gasteiger partial charge in [0.1, 0.15) is 5.75 Å². The van der Waals surface area contributed by atoms with Gasteiger partial charge in [-0.3, -0.25) is 4.90 Å². The third-order valence-corrected chi connectivity index (χ3v) is 5.49. The van der Waals surface area contributed by atoms with E-state index in [1.807, 2.05) is 35.2 Å². The summed E-state index contributed by atoms with van der Waals surface area (Å²) in [5, 5.41) is 3.03. The largest absolute Gasteiger partial charge is 0.496 e. The number of urea groups is 1. The molecule has 1 N–H and O–H groups in total. The Balaban J connectivity index is 1.50. The Bertz CT molecular complexity index is 782. The third-order valence-electron chi connectivity index (χ3n) is 5.49. The van der Waals surface area contributed by atoms with Crippen LogP contribution in [0.1, 0.15) is 19.4 Å². The number of ether oxygens (including phenoxy) is 1. The molecule has 0 spiro atoms. The Morgan fingerprint density at radius 3 is 2.28 bits per heavy atom. The molecule has 0 bridgehead atoms. The minimum atomic E-state index is -0.0301. The topological polar surface area (TPSA) is 48.1 Å². The molecule has 2 aromatic carbocycles. The molecule has 0 aliphatic carbocycles. The molecule has 2 aromatic rings. The van der Waals surface area contributed by atoms with Crippen LogP contribution in [0, 0.1) is 0 Å². The second-order valence-electron chi connectivity index (χ2n) is 7.22. The predicted octanol–water partition coefficient (Wildman–Crippen LogP) is 3.89. The van der Waals surface area contributed by atoms with Crippen molar-refractivity contribution in [1.29, 1.82) is 0 Å². The monoisotopic (exact) mass is 396 g/mol. The fourth-order valence-electron chi connectivity index (χ4n) is 3.73. The van der Waals surface area contributed by atoms with E-state index in [4.69, 9.17) is 4.74 Å². The van der Waals surface area contributed by atoms with Gasteiger partial charge in [-0.25, -0.2) is 4.79 Å². The molecule has 1 heterocycles. The smallest absolute Gasteiger partial charge is 0.321 e. The number of nitrogens with one attached hydrogen (secondary N) is 1. The molecular weight excluding hydrogens is 364 g/mol. The summed E-state index contributed by atoms with van der Waals surface area (Å²) in [6, 6.07) is 16.2. The van der Waals surface area contributed by atoms with Crippen molar-refractivity contribution in [2.45, 2.75) is 20.4 Å². The van der Waals surface area contributed by atoms with E-state index in [-0.39, 0.29) is 6.03 Å².